The first-order valence-electron chi connectivity index (χ1n) is 4.61. The molecule has 1 amide bonds. The summed E-state index contributed by atoms with van der Waals surface area (Å²) in [6.07, 6.45) is 3.38. The van der Waals surface area contributed by atoms with Gasteiger partial charge in [-0.15, -0.1) is 0 Å². The lowest BCUT2D eigenvalue weighted by atomic mass is 10.0. The summed E-state index contributed by atoms with van der Waals surface area (Å²) in [5.41, 5.74) is 0. The molecule has 68 valence electrons. The van der Waals surface area contributed by atoms with Crippen LogP contribution in [0.5, 0.6) is 0 Å². The molecule has 1 unspecified atom stereocenters. The van der Waals surface area contributed by atoms with E-state index in [0.29, 0.717) is 0 Å². The van der Waals surface area contributed by atoms with Crippen LogP contribution in [-0.4, -0.2) is 23.0 Å². The molecular weight excluding hydrogens is 170 g/mol. The van der Waals surface area contributed by atoms with Crippen molar-refractivity contribution < 1.29 is 4.79 Å². The van der Waals surface area contributed by atoms with E-state index in [1.165, 1.54) is 12.8 Å². The molecule has 2 rings (SSSR count). The van der Waals surface area contributed by atoms with Crippen molar-refractivity contribution in [2.75, 3.05) is 12.3 Å². The molecule has 1 aliphatic heterocycles. The van der Waals surface area contributed by atoms with Crippen molar-refractivity contribution >= 4 is 17.7 Å². The number of thioether (sulfide) groups is 1. The fraction of sp³-hybridized carbons (Fsp3) is 0.889. The van der Waals surface area contributed by atoms with Gasteiger partial charge in [0, 0.05) is 23.5 Å². The van der Waals surface area contributed by atoms with E-state index in [9.17, 15) is 4.79 Å². The van der Waals surface area contributed by atoms with Gasteiger partial charge in [0.05, 0.1) is 0 Å². The van der Waals surface area contributed by atoms with Crippen LogP contribution in [0.15, 0.2) is 0 Å². The number of carbonyl (C=O) groups is 1. The van der Waals surface area contributed by atoms with Gasteiger partial charge in [-0.25, -0.2) is 0 Å². The standard InChI is InChI=1S/C9H15NOS/c1-9(7-2-3-7)6-8(11)10-4-5-12-9/h7H,2-6H2,1H3,(H,10,11). The van der Waals surface area contributed by atoms with Crippen LogP contribution in [0.1, 0.15) is 26.2 Å². The number of carbonyl (C=O) groups excluding carboxylic acids is 1. The smallest absolute Gasteiger partial charge is 0.221 e. The summed E-state index contributed by atoms with van der Waals surface area (Å²) in [5.74, 6) is 2.14. The molecule has 2 fully saturated rings. The lowest BCUT2D eigenvalue weighted by Gasteiger charge is -2.25. The molecule has 0 aromatic heterocycles. The zero-order valence-electron chi connectivity index (χ0n) is 7.43. The monoisotopic (exact) mass is 185 g/mol. The van der Waals surface area contributed by atoms with E-state index in [4.69, 9.17) is 0 Å². The molecule has 0 aromatic carbocycles. The maximum Gasteiger partial charge on any atom is 0.221 e. The van der Waals surface area contributed by atoms with Gasteiger partial charge in [-0.1, -0.05) is 0 Å². The second-order valence-corrected chi connectivity index (χ2v) is 5.59. The van der Waals surface area contributed by atoms with E-state index in [-0.39, 0.29) is 10.7 Å². The molecule has 1 heterocycles. The Bertz CT molecular complexity index is 203. The molecule has 1 saturated carbocycles. The van der Waals surface area contributed by atoms with Crippen molar-refractivity contribution in [1.29, 1.82) is 0 Å². The number of rotatable bonds is 1. The maximum atomic E-state index is 11.3. The molecule has 2 nitrogen and oxygen atoms in total. The highest BCUT2D eigenvalue weighted by Gasteiger charge is 2.43. The Kier molecular flexibility index (Phi) is 2.07. The quantitative estimate of drug-likeness (QED) is 0.669. The minimum Gasteiger partial charge on any atom is -0.355 e. The van der Waals surface area contributed by atoms with Crippen LogP contribution in [0.2, 0.25) is 0 Å². The number of hydrogen-bond donors (Lipinski definition) is 1. The summed E-state index contributed by atoms with van der Waals surface area (Å²) in [7, 11) is 0. The Hall–Kier alpha value is -0.180. The van der Waals surface area contributed by atoms with Crippen LogP contribution < -0.4 is 5.32 Å². The number of amides is 1. The zero-order valence-corrected chi connectivity index (χ0v) is 8.25. The average molecular weight is 185 g/mol. The molecule has 0 spiro atoms. The van der Waals surface area contributed by atoms with Gasteiger partial charge in [-0.3, -0.25) is 4.79 Å². The summed E-state index contributed by atoms with van der Waals surface area (Å²) >= 11 is 1.98. The Morgan fingerprint density at radius 2 is 2.33 bits per heavy atom. The van der Waals surface area contributed by atoms with Gasteiger partial charge < -0.3 is 5.32 Å². The van der Waals surface area contributed by atoms with Gasteiger partial charge in [-0.05, 0) is 25.7 Å². The van der Waals surface area contributed by atoms with Crippen LogP contribution in [-0.2, 0) is 4.79 Å². The predicted molar refractivity (Wildman–Crippen MR) is 51.2 cm³/mol. The van der Waals surface area contributed by atoms with Crippen LogP contribution in [0.4, 0.5) is 0 Å². The van der Waals surface area contributed by atoms with E-state index in [1.54, 1.807) is 0 Å². The molecule has 1 atom stereocenters. The van der Waals surface area contributed by atoms with Crippen molar-refractivity contribution in [2.45, 2.75) is 30.9 Å². The van der Waals surface area contributed by atoms with Crippen molar-refractivity contribution in [2.24, 2.45) is 5.92 Å². The molecule has 0 bridgehead atoms. The predicted octanol–water partition coefficient (Wildman–Crippen LogP) is 1.41. The highest BCUT2D eigenvalue weighted by Crippen LogP contribution is 2.49. The highest BCUT2D eigenvalue weighted by molar-refractivity contribution is 8.00. The van der Waals surface area contributed by atoms with Crippen molar-refractivity contribution in [1.82, 2.24) is 5.32 Å². The van der Waals surface area contributed by atoms with E-state index < -0.39 is 0 Å². The van der Waals surface area contributed by atoms with Crippen LogP contribution >= 0.6 is 11.8 Å². The fourth-order valence-corrected chi connectivity index (χ4v) is 3.24. The van der Waals surface area contributed by atoms with Gasteiger partial charge >= 0.3 is 0 Å². The molecule has 1 saturated heterocycles. The summed E-state index contributed by atoms with van der Waals surface area (Å²) < 4.78 is 0.251. The zero-order chi connectivity index (χ0) is 8.60. The number of nitrogens with one attached hydrogen (secondary N) is 1. The van der Waals surface area contributed by atoms with Gasteiger partial charge in [0.15, 0.2) is 0 Å². The van der Waals surface area contributed by atoms with E-state index >= 15 is 0 Å². The second-order valence-electron chi connectivity index (χ2n) is 3.96. The average Bonchev–Trinajstić information content (AvgIpc) is 2.76. The fourth-order valence-electron chi connectivity index (χ4n) is 1.86. The van der Waals surface area contributed by atoms with Gasteiger partial charge in [0.1, 0.15) is 0 Å². The summed E-state index contributed by atoms with van der Waals surface area (Å²) in [4.78, 5) is 11.3. The topological polar surface area (TPSA) is 29.1 Å². The Morgan fingerprint density at radius 3 is 3.00 bits per heavy atom. The third kappa shape index (κ3) is 1.60. The molecule has 0 radical (unpaired) electrons. The molecule has 1 N–H and O–H groups in total. The van der Waals surface area contributed by atoms with Gasteiger partial charge in [0.25, 0.3) is 0 Å². The third-order valence-electron chi connectivity index (χ3n) is 2.81. The molecule has 1 aliphatic carbocycles. The van der Waals surface area contributed by atoms with E-state index in [1.807, 2.05) is 11.8 Å². The Labute approximate surface area is 77.5 Å². The van der Waals surface area contributed by atoms with Gasteiger partial charge in [-0.2, -0.15) is 11.8 Å². The Morgan fingerprint density at radius 1 is 1.58 bits per heavy atom. The van der Waals surface area contributed by atoms with Crippen molar-refractivity contribution in [3.05, 3.63) is 0 Å². The minimum absolute atomic E-state index is 0.245. The first-order valence-corrected chi connectivity index (χ1v) is 5.60. The minimum atomic E-state index is 0.245. The Balaban J connectivity index is 2.06. The lowest BCUT2D eigenvalue weighted by molar-refractivity contribution is -0.121. The molecule has 2 aliphatic rings. The first-order chi connectivity index (χ1) is 5.71. The van der Waals surface area contributed by atoms with Crippen molar-refractivity contribution in [3.8, 4) is 0 Å². The highest BCUT2D eigenvalue weighted by atomic mass is 32.2. The van der Waals surface area contributed by atoms with Crippen LogP contribution in [0.3, 0.4) is 0 Å². The SMILES string of the molecule is CC1(C2CC2)CC(=O)NCCS1. The third-order valence-corrected chi connectivity index (χ3v) is 4.35. The molecular formula is C9H15NOS. The second kappa shape index (κ2) is 2.95. The summed E-state index contributed by atoms with van der Waals surface area (Å²) in [6.45, 7) is 3.10. The number of hydrogen-bond acceptors (Lipinski definition) is 2. The van der Waals surface area contributed by atoms with E-state index in [2.05, 4.69) is 12.2 Å². The molecule has 12 heavy (non-hydrogen) atoms. The lowest BCUT2D eigenvalue weighted by Crippen LogP contribution is -2.30. The molecule has 0 aromatic rings. The summed E-state index contributed by atoms with van der Waals surface area (Å²) in [5, 5.41) is 2.92. The molecule has 3 heteroatoms. The summed E-state index contributed by atoms with van der Waals surface area (Å²) in [6, 6.07) is 0. The van der Waals surface area contributed by atoms with Crippen LogP contribution in [0.25, 0.3) is 0 Å². The largest absolute Gasteiger partial charge is 0.355 e. The normalized spacial score (nSPS) is 37.2. The first kappa shape index (κ1) is 8.42. The van der Waals surface area contributed by atoms with Crippen molar-refractivity contribution in [3.63, 3.8) is 0 Å². The van der Waals surface area contributed by atoms with E-state index in [0.717, 1.165) is 24.6 Å². The maximum absolute atomic E-state index is 11.3. The van der Waals surface area contributed by atoms with Gasteiger partial charge in [0.2, 0.25) is 5.91 Å². The van der Waals surface area contributed by atoms with Crippen LogP contribution in [0, 0.1) is 5.92 Å².